The first-order chi connectivity index (χ1) is 20.2. The largest absolute Gasteiger partial charge is 0.496 e. The predicted molar refractivity (Wildman–Crippen MR) is 165 cm³/mol. The number of benzene rings is 3. The van der Waals surface area contributed by atoms with Gasteiger partial charge in [0.1, 0.15) is 23.6 Å². The number of aliphatic hydroxyl groups excluding tert-OH is 1. The molecule has 8 heteroatoms. The van der Waals surface area contributed by atoms with Crippen LogP contribution in [0.15, 0.2) is 60.8 Å². The number of hydrogen-bond donors (Lipinski definition) is 3. The molecule has 7 nitrogen and oxygen atoms in total. The van der Waals surface area contributed by atoms with Crippen molar-refractivity contribution in [2.75, 3.05) is 26.0 Å². The van der Waals surface area contributed by atoms with E-state index in [4.69, 9.17) is 4.74 Å². The second-order valence-corrected chi connectivity index (χ2v) is 10.7. The van der Waals surface area contributed by atoms with Gasteiger partial charge in [-0.15, -0.1) is 0 Å². The van der Waals surface area contributed by atoms with Crippen molar-refractivity contribution in [2.45, 2.75) is 46.4 Å². The fourth-order valence-electron chi connectivity index (χ4n) is 5.54. The van der Waals surface area contributed by atoms with Crippen LogP contribution in [-0.4, -0.2) is 47.8 Å². The summed E-state index contributed by atoms with van der Waals surface area (Å²) >= 11 is 0. The SMILES string of the molecule is CC[C@@H](O)NCc1c(F)cc(-c2cccc(-c3cccc(Nc4nccc5c4C(=O)N(C)CC5)c3C)c2C)cc1OC. The summed E-state index contributed by atoms with van der Waals surface area (Å²) in [5, 5.41) is 16.2. The number of methoxy groups -OCH3 is 1. The number of fused-ring (bicyclic) bond motifs is 1. The minimum absolute atomic E-state index is 0.0322. The lowest BCUT2D eigenvalue weighted by atomic mass is 9.90. The van der Waals surface area contributed by atoms with E-state index in [0.717, 1.165) is 45.5 Å². The molecule has 0 unspecified atom stereocenters. The average Bonchev–Trinajstić information content (AvgIpc) is 2.99. The van der Waals surface area contributed by atoms with Crippen molar-refractivity contribution in [1.82, 2.24) is 15.2 Å². The molecule has 0 fully saturated rings. The molecule has 5 rings (SSSR count). The number of nitrogens with zero attached hydrogens (tertiary/aromatic N) is 2. The Balaban J connectivity index is 1.51. The Morgan fingerprint density at radius 1 is 1.07 bits per heavy atom. The van der Waals surface area contributed by atoms with Crippen LogP contribution in [-0.2, 0) is 13.0 Å². The highest BCUT2D eigenvalue weighted by atomic mass is 19.1. The molecule has 0 bridgehead atoms. The minimum atomic E-state index is -0.717. The molecule has 0 radical (unpaired) electrons. The van der Waals surface area contributed by atoms with Gasteiger partial charge in [-0.05, 0) is 89.9 Å². The number of rotatable bonds is 9. The molecule has 1 aliphatic heterocycles. The number of aromatic nitrogens is 1. The van der Waals surface area contributed by atoms with Crippen LogP contribution in [0, 0.1) is 19.7 Å². The second kappa shape index (κ2) is 12.3. The third kappa shape index (κ3) is 5.60. The summed E-state index contributed by atoms with van der Waals surface area (Å²) in [4.78, 5) is 19.2. The highest BCUT2D eigenvalue weighted by Crippen LogP contribution is 2.38. The molecule has 218 valence electrons. The number of hydrogen-bond acceptors (Lipinski definition) is 6. The molecular formula is C34H37FN4O3. The topological polar surface area (TPSA) is 86.7 Å². The molecule has 3 N–H and O–H groups in total. The summed E-state index contributed by atoms with van der Waals surface area (Å²) < 4.78 is 20.9. The van der Waals surface area contributed by atoms with Gasteiger partial charge in [-0.1, -0.05) is 37.3 Å². The molecule has 0 saturated heterocycles. The molecule has 1 amide bonds. The second-order valence-electron chi connectivity index (χ2n) is 10.7. The van der Waals surface area contributed by atoms with Gasteiger partial charge in [0.15, 0.2) is 0 Å². The zero-order chi connectivity index (χ0) is 30.0. The normalized spacial score (nSPS) is 13.6. The van der Waals surface area contributed by atoms with Crippen molar-refractivity contribution in [3.05, 3.63) is 94.4 Å². The van der Waals surface area contributed by atoms with Gasteiger partial charge in [-0.2, -0.15) is 0 Å². The van der Waals surface area contributed by atoms with E-state index < -0.39 is 12.0 Å². The maximum atomic E-state index is 15.3. The summed E-state index contributed by atoms with van der Waals surface area (Å²) in [5.41, 5.74) is 8.50. The Bertz CT molecular complexity index is 1640. The summed E-state index contributed by atoms with van der Waals surface area (Å²) in [7, 11) is 3.33. The molecule has 0 saturated carbocycles. The van der Waals surface area contributed by atoms with Crippen LogP contribution in [0.3, 0.4) is 0 Å². The first kappa shape index (κ1) is 29.2. The van der Waals surface area contributed by atoms with Crippen LogP contribution in [0.25, 0.3) is 22.3 Å². The van der Waals surface area contributed by atoms with E-state index in [1.54, 1.807) is 11.1 Å². The molecular weight excluding hydrogens is 531 g/mol. The zero-order valence-electron chi connectivity index (χ0n) is 24.7. The number of aliphatic hydroxyl groups is 1. The van der Waals surface area contributed by atoms with E-state index in [9.17, 15) is 9.90 Å². The van der Waals surface area contributed by atoms with Gasteiger partial charge in [-0.25, -0.2) is 9.37 Å². The molecule has 1 aromatic heterocycles. The lowest BCUT2D eigenvalue weighted by molar-refractivity contribution is 0.0781. The van der Waals surface area contributed by atoms with Gasteiger partial charge >= 0.3 is 0 Å². The van der Waals surface area contributed by atoms with Gasteiger partial charge in [0.25, 0.3) is 5.91 Å². The number of ether oxygens (including phenoxy) is 1. The molecule has 1 aliphatic rings. The van der Waals surface area contributed by atoms with E-state index in [2.05, 4.69) is 27.8 Å². The fraction of sp³-hybridized carbons (Fsp3) is 0.294. The summed E-state index contributed by atoms with van der Waals surface area (Å²) in [5.74, 6) is 0.548. The number of amides is 1. The van der Waals surface area contributed by atoms with E-state index in [-0.39, 0.29) is 12.5 Å². The van der Waals surface area contributed by atoms with Gasteiger partial charge in [0, 0.05) is 37.6 Å². The summed E-state index contributed by atoms with van der Waals surface area (Å²) in [6.45, 7) is 6.77. The number of halogens is 1. The number of pyridine rings is 1. The monoisotopic (exact) mass is 568 g/mol. The average molecular weight is 569 g/mol. The summed E-state index contributed by atoms with van der Waals surface area (Å²) in [6.07, 6.45) is 2.34. The third-order valence-corrected chi connectivity index (χ3v) is 8.11. The zero-order valence-corrected chi connectivity index (χ0v) is 24.7. The van der Waals surface area contributed by atoms with Gasteiger partial charge in [0.2, 0.25) is 0 Å². The molecule has 42 heavy (non-hydrogen) atoms. The van der Waals surface area contributed by atoms with E-state index in [0.29, 0.717) is 41.2 Å². The van der Waals surface area contributed by atoms with Crippen LogP contribution >= 0.6 is 0 Å². The van der Waals surface area contributed by atoms with E-state index >= 15 is 4.39 Å². The molecule has 4 aromatic rings. The van der Waals surface area contributed by atoms with Gasteiger partial charge in [-0.3, -0.25) is 10.1 Å². The lowest BCUT2D eigenvalue weighted by Crippen LogP contribution is -2.34. The maximum absolute atomic E-state index is 15.3. The van der Waals surface area contributed by atoms with Crippen molar-refractivity contribution in [1.29, 1.82) is 0 Å². The Labute approximate surface area is 246 Å². The van der Waals surface area contributed by atoms with Crippen LogP contribution in [0.1, 0.15) is 46.0 Å². The van der Waals surface area contributed by atoms with Gasteiger partial charge in [0.05, 0.1) is 12.7 Å². The maximum Gasteiger partial charge on any atom is 0.257 e. The van der Waals surface area contributed by atoms with Crippen LogP contribution in [0.2, 0.25) is 0 Å². The van der Waals surface area contributed by atoms with Crippen LogP contribution in [0.4, 0.5) is 15.9 Å². The molecule has 0 spiro atoms. The molecule has 1 atom stereocenters. The van der Waals surface area contributed by atoms with Gasteiger partial charge < -0.3 is 20.1 Å². The molecule has 2 heterocycles. The Morgan fingerprint density at radius 3 is 2.52 bits per heavy atom. The number of anilines is 2. The third-order valence-electron chi connectivity index (χ3n) is 8.11. The predicted octanol–water partition coefficient (Wildman–Crippen LogP) is 6.37. The van der Waals surface area contributed by atoms with Crippen LogP contribution in [0.5, 0.6) is 5.75 Å². The Kier molecular flexibility index (Phi) is 8.56. The van der Waals surface area contributed by atoms with E-state index in [1.165, 1.54) is 13.2 Å². The van der Waals surface area contributed by atoms with Crippen molar-refractivity contribution in [3.8, 4) is 28.0 Å². The lowest BCUT2D eigenvalue weighted by Gasteiger charge is -2.26. The first-order valence-electron chi connectivity index (χ1n) is 14.2. The van der Waals surface area contributed by atoms with E-state index in [1.807, 2.05) is 64.2 Å². The minimum Gasteiger partial charge on any atom is -0.496 e. The van der Waals surface area contributed by atoms with Crippen molar-refractivity contribution < 1.29 is 19.0 Å². The standard InChI is InChI=1S/C34H37FN4O3/c1-6-31(40)37-19-27-28(35)17-23(18-30(27)42-5)24-9-7-10-25(20(24)2)26-11-8-12-29(21(26)3)38-33-32-22(13-15-36-33)14-16-39(4)34(32)41/h7-13,15,17-18,31,37,40H,6,14,16,19H2,1-5H3,(H,36,38)/t31-/m1/s1. The Hall–Kier alpha value is -4.27. The van der Waals surface area contributed by atoms with Crippen molar-refractivity contribution in [3.63, 3.8) is 0 Å². The number of carbonyl (C=O) groups excluding carboxylic acids is 1. The number of nitrogens with one attached hydrogen (secondary N) is 2. The Morgan fingerprint density at radius 2 is 1.79 bits per heavy atom. The smallest absolute Gasteiger partial charge is 0.257 e. The van der Waals surface area contributed by atoms with Crippen molar-refractivity contribution >= 4 is 17.4 Å². The molecule has 3 aromatic carbocycles. The highest BCUT2D eigenvalue weighted by molar-refractivity contribution is 6.01. The summed E-state index contributed by atoms with van der Waals surface area (Å²) in [6, 6.07) is 17.3. The van der Waals surface area contributed by atoms with Crippen LogP contribution < -0.4 is 15.4 Å². The number of likely N-dealkylation sites (N-methyl/N-ethyl adjacent to an activating group) is 1. The quantitative estimate of drug-likeness (QED) is 0.204. The molecule has 0 aliphatic carbocycles. The highest BCUT2D eigenvalue weighted by Gasteiger charge is 2.26. The fourth-order valence-corrected chi connectivity index (χ4v) is 5.54. The first-order valence-corrected chi connectivity index (χ1v) is 14.2. The number of carbonyl (C=O) groups is 1. The van der Waals surface area contributed by atoms with Crippen molar-refractivity contribution in [2.24, 2.45) is 0 Å².